The van der Waals surface area contributed by atoms with Crippen molar-refractivity contribution in [3.8, 4) is 0 Å². The van der Waals surface area contributed by atoms with Crippen LogP contribution in [0.1, 0.15) is 27.9 Å². The molecule has 0 aromatic heterocycles. The quantitative estimate of drug-likeness (QED) is 0.363. The number of rotatable bonds is 7. The van der Waals surface area contributed by atoms with Crippen molar-refractivity contribution in [1.29, 1.82) is 0 Å². The Hall–Kier alpha value is -3.35. The molecule has 2 rings (SSSR count). The summed E-state index contributed by atoms with van der Waals surface area (Å²) in [7, 11) is 0. The molecule has 0 aliphatic rings. The minimum atomic E-state index is -0.501. The van der Waals surface area contributed by atoms with E-state index in [1.54, 1.807) is 12.1 Å². The van der Waals surface area contributed by atoms with Crippen LogP contribution in [0, 0.1) is 17.0 Å². The maximum atomic E-state index is 11.9. The Kier molecular flexibility index (Phi) is 6.11. The number of amides is 1. The van der Waals surface area contributed by atoms with Gasteiger partial charge in [-0.1, -0.05) is 42.0 Å². The summed E-state index contributed by atoms with van der Waals surface area (Å²) in [5.74, 6) is -0.457. The van der Waals surface area contributed by atoms with Gasteiger partial charge in [-0.15, -0.1) is 0 Å². The number of nitrogens with one attached hydrogen (secondary N) is 1. The number of benzene rings is 2. The number of non-ortho nitro benzene ring substituents is 1. The fourth-order valence-corrected chi connectivity index (χ4v) is 2.06. The van der Waals surface area contributed by atoms with Crippen molar-refractivity contribution in [2.24, 2.45) is 5.10 Å². The van der Waals surface area contributed by atoms with Gasteiger partial charge in [0.2, 0.25) is 5.91 Å². The first-order valence-corrected chi connectivity index (χ1v) is 7.59. The van der Waals surface area contributed by atoms with Crippen LogP contribution in [-0.4, -0.2) is 22.8 Å². The molecule has 0 aliphatic carbocycles. The van der Waals surface area contributed by atoms with E-state index in [0.29, 0.717) is 11.1 Å². The Labute approximate surface area is 144 Å². The zero-order valence-electron chi connectivity index (χ0n) is 13.6. The Bertz CT molecular complexity index is 796. The monoisotopic (exact) mass is 339 g/mol. The second-order valence-corrected chi connectivity index (χ2v) is 5.44. The van der Waals surface area contributed by atoms with Gasteiger partial charge in [0, 0.05) is 30.3 Å². The van der Waals surface area contributed by atoms with Crippen LogP contribution in [0.3, 0.4) is 0 Å². The highest BCUT2D eigenvalue weighted by atomic mass is 16.6. The van der Waals surface area contributed by atoms with Gasteiger partial charge < -0.3 is 0 Å². The number of nitro benzene ring substituents is 1. The van der Waals surface area contributed by atoms with E-state index in [9.17, 15) is 19.7 Å². The lowest BCUT2D eigenvalue weighted by atomic mass is 10.1. The van der Waals surface area contributed by atoms with Gasteiger partial charge in [-0.2, -0.15) is 5.10 Å². The molecule has 0 atom stereocenters. The summed E-state index contributed by atoms with van der Waals surface area (Å²) in [6, 6.07) is 12.9. The lowest BCUT2D eigenvalue weighted by molar-refractivity contribution is -0.384. The molecule has 1 amide bonds. The number of ketones is 1. The van der Waals surface area contributed by atoms with Crippen LogP contribution in [0.5, 0.6) is 0 Å². The minimum absolute atomic E-state index is 0.0307. The molecular formula is C18H17N3O4. The number of carbonyl (C=O) groups excluding carboxylic acids is 2. The second kappa shape index (κ2) is 8.49. The highest BCUT2D eigenvalue weighted by Crippen LogP contribution is 2.12. The van der Waals surface area contributed by atoms with E-state index in [0.717, 1.165) is 5.56 Å². The fourth-order valence-electron chi connectivity index (χ4n) is 2.06. The average Bonchev–Trinajstić information content (AvgIpc) is 2.59. The van der Waals surface area contributed by atoms with Crippen molar-refractivity contribution in [2.75, 3.05) is 0 Å². The van der Waals surface area contributed by atoms with Gasteiger partial charge in [-0.3, -0.25) is 19.7 Å². The van der Waals surface area contributed by atoms with Crippen molar-refractivity contribution < 1.29 is 14.5 Å². The average molecular weight is 339 g/mol. The van der Waals surface area contributed by atoms with Crippen LogP contribution in [-0.2, 0) is 11.2 Å². The zero-order chi connectivity index (χ0) is 18.2. The fraction of sp³-hybridized carbons (Fsp3) is 0.167. The minimum Gasteiger partial charge on any atom is -0.294 e. The third-order valence-electron chi connectivity index (χ3n) is 3.44. The lowest BCUT2D eigenvalue weighted by Gasteiger charge is -2.01. The van der Waals surface area contributed by atoms with E-state index >= 15 is 0 Å². The molecule has 7 nitrogen and oxygen atoms in total. The summed E-state index contributed by atoms with van der Waals surface area (Å²) in [5.41, 5.74) is 4.60. The predicted molar refractivity (Wildman–Crippen MR) is 93.6 cm³/mol. The van der Waals surface area contributed by atoms with Crippen molar-refractivity contribution >= 4 is 23.6 Å². The van der Waals surface area contributed by atoms with Gasteiger partial charge >= 0.3 is 0 Å². The van der Waals surface area contributed by atoms with Gasteiger partial charge in [0.15, 0.2) is 5.78 Å². The number of nitrogens with zero attached hydrogens (tertiary/aromatic N) is 2. The number of hydrogen-bond donors (Lipinski definition) is 1. The number of hydrazone groups is 1. The van der Waals surface area contributed by atoms with E-state index in [4.69, 9.17) is 0 Å². The SMILES string of the molecule is Cc1ccc(C(=O)CC=NNC(=O)Cc2ccc([N+](=O)[O-])cc2)cc1. The molecule has 0 saturated carbocycles. The van der Waals surface area contributed by atoms with E-state index in [-0.39, 0.29) is 30.2 Å². The van der Waals surface area contributed by atoms with E-state index < -0.39 is 4.92 Å². The molecule has 0 saturated heterocycles. The molecule has 25 heavy (non-hydrogen) atoms. The predicted octanol–water partition coefficient (Wildman–Crippen LogP) is 2.82. The molecule has 0 bridgehead atoms. The van der Waals surface area contributed by atoms with Crippen LogP contribution in [0.4, 0.5) is 5.69 Å². The summed E-state index contributed by atoms with van der Waals surface area (Å²) >= 11 is 0. The van der Waals surface area contributed by atoms with Crippen molar-refractivity contribution in [1.82, 2.24) is 5.43 Å². The molecule has 0 radical (unpaired) electrons. The van der Waals surface area contributed by atoms with Crippen molar-refractivity contribution in [3.05, 3.63) is 75.3 Å². The second-order valence-electron chi connectivity index (χ2n) is 5.44. The normalized spacial score (nSPS) is 10.6. The van der Waals surface area contributed by atoms with E-state index in [2.05, 4.69) is 10.5 Å². The highest BCUT2D eigenvalue weighted by molar-refractivity contribution is 6.03. The molecule has 1 N–H and O–H groups in total. The number of Topliss-reactive ketones (excluding diaryl/α,β-unsaturated/α-hetero) is 1. The number of hydrogen-bond acceptors (Lipinski definition) is 5. The molecule has 0 heterocycles. The van der Waals surface area contributed by atoms with Crippen molar-refractivity contribution in [3.63, 3.8) is 0 Å². The first-order chi connectivity index (χ1) is 12.0. The maximum absolute atomic E-state index is 11.9. The Morgan fingerprint density at radius 2 is 1.76 bits per heavy atom. The third-order valence-corrected chi connectivity index (χ3v) is 3.44. The van der Waals surface area contributed by atoms with Crippen molar-refractivity contribution in [2.45, 2.75) is 19.8 Å². The lowest BCUT2D eigenvalue weighted by Crippen LogP contribution is -2.19. The maximum Gasteiger partial charge on any atom is 0.269 e. The van der Waals surface area contributed by atoms with Crippen LogP contribution < -0.4 is 5.43 Å². The van der Waals surface area contributed by atoms with Crippen LogP contribution >= 0.6 is 0 Å². The summed E-state index contributed by atoms with van der Waals surface area (Å²) in [6.07, 6.45) is 1.47. The van der Waals surface area contributed by atoms with E-state index in [1.165, 1.54) is 30.5 Å². The van der Waals surface area contributed by atoms with Gasteiger partial charge in [0.1, 0.15) is 0 Å². The summed E-state index contributed by atoms with van der Waals surface area (Å²) in [4.78, 5) is 33.7. The van der Waals surface area contributed by atoms with Gasteiger partial charge in [0.25, 0.3) is 5.69 Å². The Balaban J connectivity index is 1.79. The standard InChI is InChI=1S/C18H17N3O4/c1-13-2-6-15(7-3-13)17(22)10-11-19-20-18(23)12-14-4-8-16(9-5-14)21(24)25/h2-9,11H,10,12H2,1H3,(H,20,23). The molecule has 0 aliphatic heterocycles. The smallest absolute Gasteiger partial charge is 0.269 e. The van der Waals surface area contributed by atoms with Crippen LogP contribution in [0.25, 0.3) is 0 Å². The summed E-state index contributed by atoms with van der Waals surface area (Å²) in [6.45, 7) is 1.94. The van der Waals surface area contributed by atoms with Gasteiger partial charge in [-0.05, 0) is 12.5 Å². The zero-order valence-corrected chi connectivity index (χ0v) is 13.6. The molecule has 2 aromatic carbocycles. The molecule has 128 valence electrons. The number of aryl methyl sites for hydroxylation is 1. The molecular weight excluding hydrogens is 322 g/mol. The number of carbonyl (C=O) groups is 2. The first kappa shape index (κ1) is 18.0. The first-order valence-electron chi connectivity index (χ1n) is 7.59. The largest absolute Gasteiger partial charge is 0.294 e. The molecule has 0 fully saturated rings. The summed E-state index contributed by atoms with van der Waals surface area (Å²) in [5, 5.41) is 14.3. The topological polar surface area (TPSA) is 102 Å². The number of nitro groups is 1. The molecule has 0 spiro atoms. The summed E-state index contributed by atoms with van der Waals surface area (Å²) < 4.78 is 0. The van der Waals surface area contributed by atoms with Gasteiger partial charge in [-0.25, -0.2) is 5.43 Å². The van der Waals surface area contributed by atoms with Gasteiger partial charge in [0.05, 0.1) is 11.3 Å². The Morgan fingerprint density at radius 3 is 2.36 bits per heavy atom. The molecule has 2 aromatic rings. The molecule has 0 unspecified atom stereocenters. The third kappa shape index (κ3) is 5.65. The Morgan fingerprint density at radius 1 is 1.12 bits per heavy atom. The molecule has 7 heteroatoms. The van der Waals surface area contributed by atoms with E-state index in [1.807, 2.05) is 19.1 Å². The van der Waals surface area contributed by atoms with Crippen LogP contribution in [0.2, 0.25) is 0 Å². The van der Waals surface area contributed by atoms with Crippen LogP contribution in [0.15, 0.2) is 53.6 Å². The highest BCUT2D eigenvalue weighted by Gasteiger charge is 2.07.